The van der Waals surface area contributed by atoms with Crippen molar-refractivity contribution in [2.24, 2.45) is 0 Å². The molecule has 2 heterocycles. The Morgan fingerprint density at radius 3 is 2.62 bits per heavy atom. The van der Waals surface area contributed by atoms with Crippen LogP contribution in [0.25, 0.3) is 11.4 Å². The quantitative estimate of drug-likeness (QED) is 0.685. The summed E-state index contributed by atoms with van der Waals surface area (Å²) < 4.78 is 10.3. The van der Waals surface area contributed by atoms with Crippen molar-refractivity contribution in [2.75, 3.05) is 12.4 Å². The van der Waals surface area contributed by atoms with Crippen LogP contribution in [-0.2, 0) is 6.54 Å². The molecule has 0 fully saturated rings. The van der Waals surface area contributed by atoms with Crippen LogP contribution in [0.5, 0.6) is 5.75 Å². The number of nitrogens with one attached hydrogen (secondary N) is 2. The van der Waals surface area contributed by atoms with E-state index >= 15 is 0 Å². The van der Waals surface area contributed by atoms with Crippen molar-refractivity contribution in [3.63, 3.8) is 0 Å². The van der Waals surface area contributed by atoms with E-state index in [1.165, 1.54) is 0 Å². The molecule has 2 N–H and O–H groups in total. The van der Waals surface area contributed by atoms with Crippen molar-refractivity contribution < 1.29 is 9.26 Å². The van der Waals surface area contributed by atoms with Gasteiger partial charge >= 0.3 is 0 Å². The van der Waals surface area contributed by atoms with Crippen LogP contribution in [0.15, 0.2) is 53.3 Å². The molecule has 8 heteroatoms. The second kappa shape index (κ2) is 7.51. The number of benzene rings is 1. The summed E-state index contributed by atoms with van der Waals surface area (Å²) in [5, 5.41) is 10.5. The van der Waals surface area contributed by atoms with Crippen LogP contribution < -0.4 is 15.4 Å². The Hall–Kier alpha value is -3.00. The van der Waals surface area contributed by atoms with E-state index in [1.807, 2.05) is 36.4 Å². The predicted molar refractivity (Wildman–Crippen MR) is 93.6 cm³/mol. The fourth-order valence-corrected chi connectivity index (χ4v) is 2.14. The van der Waals surface area contributed by atoms with Crippen molar-refractivity contribution in [1.29, 1.82) is 0 Å². The summed E-state index contributed by atoms with van der Waals surface area (Å²) in [7, 11) is 1.62. The first kappa shape index (κ1) is 15.9. The van der Waals surface area contributed by atoms with E-state index in [9.17, 15) is 0 Å². The molecular formula is C16H15N5O2S. The molecule has 0 unspecified atom stereocenters. The average molecular weight is 341 g/mol. The Labute approximate surface area is 144 Å². The molecule has 0 saturated carbocycles. The Morgan fingerprint density at radius 2 is 1.92 bits per heavy atom. The smallest absolute Gasteiger partial charge is 0.246 e. The van der Waals surface area contributed by atoms with E-state index in [0.29, 0.717) is 23.4 Å². The fourth-order valence-electron chi connectivity index (χ4n) is 1.95. The van der Waals surface area contributed by atoms with Crippen molar-refractivity contribution in [3.8, 4) is 17.1 Å². The molecule has 2 aromatic heterocycles. The molecule has 1 aromatic carbocycles. The van der Waals surface area contributed by atoms with E-state index < -0.39 is 0 Å². The number of thiocarbonyl (C=S) groups is 1. The van der Waals surface area contributed by atoms with Gasteiger partial charge in [-0.15, -0.1) is 0 Å². The van der Waals surface area contributed by atoms with E-state index in [-0.39, 0.29) is 0 Å². The lowest BCUT2D eigenvalue weighted by Gasteiger charge is -2.07. The molecule has 7 nitrogen and oxygen atoms in total. The predicted octanol–water partition coefficient (Wildman–Crippen LogP) is 2.63. The van der Waals surface area contributed by atoms with Crippen LogP contribution in [0.1, 0.15) is 5.89 Å². The topological polar surface area (TPSA) is 85.1 Å². The number of aromatic nitrogens is 3. The number of hydrogen-bond donors (Lipinski definition) is 2. The van der Waals surface area contributed by atoms with Crippen LogP contribution >= 0.6 is 12.2 Å². The van der Waals surface area contributed by atoms with Crippen molar-refractivity contribution in [1.82, 2.24) is 20.4 Å². The fraction of sp³-hybridized carbons (Fsp3) is 0.125. The molecule has 3 aromatic rings. The van der Waals surface area contributed by atoms with Gasteiger partial charge in [-0.25, -0.2) is 0 Å². The molecule has 0 amide bonds. The van der Waals surface area contributed by atoms with Gasteiger partial charge in [-0.1, -0.05) is 5.16 Å². The summed E-state index contributed by atoms with van der Waals surface area (Å²) in [6, 6.07) is 11.1. The molecule has 0 atom stereocenters. The lowest BCUT2D eigenvalue weighted by Crippen LogP contribution is -2.27. The van der Waals surface area contributed by atoms with Crippen LogP contribution in [0, 0.1) is 0 Å². The van der Waals surface area contributed by atoms with Crippen molar-refractivity contribution in [3.05, 3.63) is 54.7 Å². The Morgan fingerprint density at radius 1 is 1.17 bits per heavy atom. The van der Waals surface area contributed by atoms with Gasteiger partial charge in [0.15, 0.2) is 5.11 Å². The van der Waals surface area contributed by atoms with E-state index in [1.54, 1.807) is 19.5 Å². The van der Waals surface area contributed by atoms with Crippen LogP contribution in [-0.4, -0.2) is 27.3 Å². The highest BCUT2D eigenvalue weighted by atomic mass is 32.1. The summed E-state index contributed by atoms with van der Waals surface area (Å²) in [5.74, 6) is 1.74. The molecule has 3 rings (SSSR count). The van der Waals surface area contributed by atoms with Crippen LogP contribution in [0.2, 0.25) is 0 Å². The third kappa shape index (κ3) is 4.05. The summed E-state index contributed by atoms with van der Waals surface area (Å²) >= 11 is 5.22. The first-order chi connectivity index (χ1) is 11.7. The Bertz CT molecular complexity index is 805. The lowest BCUT2D eigenvalue weighted by molar-refractivity contribution is 0.376. The summed E-state index contributed by atoms with van der Waals surface area (Å²) in [6.07, 6.45) is 3.37. The van der Waals surface area contributed by atoms with Gasteiger partial charge in [0.05, 0.1) is 13.7 Å². The first-order valence-corrected chi connectivity index (χ1v) is 7.57. The number of anilines is 1. The van der Waals surface area contributed by atoms with Gasteiger partial charge in [-0.3, -0.25) is 4.98 Å². The van der Waals surface area contributed by atoms with Gasteiger partial charge in [0.25, 0.3) is 0 Å². The highest BCUT2D eigenvalue weighted by molar-refractivity contribution is 7.80. The minimum absolute atomic E-state index is 0.333. The number of pyridine rings is 1. The largest absolute Gasteiger partial charge is 0.497 e. The van der Waals surface area contributed by atoms with Gasteiger partial charge in [0.1, 0.15) is 5.75 Å². The first-order valence-electron chi connectivity index (χ1n) is 7.16. The van der Waals surface area contributed by atoms with Gasteiger partial charge in [0.2, 0.25) is 11.7 Å². The van der Waals surface area contributed by atoms with Crippen molar-refractivity contribution >= 4 is 23.0 Å². The molecule has 0 radical (unpaired) electrons. The summed E-state index contributed by atoms with van der Waals surface area (Å²) in [6.45, 7) is 0.333. The van der Waals surface area contributed by atoms with E-state index in [2.05, 4.69) is 25.8 Å². The normalized spacial score (nSPS) is 10.2. The number of nitrogens with zero attached hydrogens (tertiary/aromatic N) is 3. The molecular weight excluding hydrogens is 326 g/mol. The van der Waals surface area contributed by atoms with Gasteiger partial charge < -0.3 is 19.9 Å². The minimum Gasteiger partial charge on any atom is -0.497 e. The molecule has 0 aliphatic carbocycles. The molecule has 0 spiro atoms. The second-order valence-corrected chi connectivity index (χ2v) is 5.19. The van der Waals surface area contributed by atoms with E-state index in [4.69, 9.17) is 21.5 Å². The van der Waals surface area contributed by atoms with Gasteiger partial charge in [-0.2, -0.15) is 4.98 Å². The summed E-state index contributed by atoms with van der Waals surface area (Å²) in [4.78, 5) is 8.28. The summed E-state index contributed by atoms with van der Waals surface area (Å²) in [5.41, 5.74) is 1.70. The monoisotopic (exact) mass is 341 g/mol. The highest BCUT2D eigenvalue weighted by Crippen LogP contribution is 2.19. The standard InChI is InChI=1S/C16H15N5O2S/c1-22-13-4-2-11(3-5-13)15-20-14(23-21-15)10-18-16(24)19-12-6-8-17-9-7-12/h2-9H,10H2,1H3,(H2,17,18,19,24). The maximum atomic E-state index is 5.22. The zero-order valence-electron chi connectivity index (χ0n) is 12.9. The van der Waals surface area contributed by atoms with Gasteiger partial charge in [0, 0.05) is 23.6 Å². The average Bonchev–Trinajstić information content (AvgIpc) is 3.10. The lowest BCUT2D eigenvalue weighted by atomic mass is 10.2. The van der Waals surface area contributed by atoms with E-state index in [0.717, 1.165) is 17.0 Å². The number of methoxy groups -OCH3 is 1. The van der Waals surface area contributed by atoms with Crippen molar-refractivity contribution in [2.45, 2.75) is 6.54 Å². The van der Waals surface area contributed by atoms with Crippen LogP contribution in [0.3, 0.4) is 0 Å². The molecule has 0 bridgehead atoms. The maximum Gasteiger partial charge on any atom is 0.246 e. The molecule has 0 aliphatic rings. The second-order valence-electron chi connectivity index (χ2n) is 4.78. The zero-order chi connectivity index (χ0) is 16.8. The molecule has 24 heavy (non-hydrogen) atoms. The minimum atomic E-state index is 0.333. The number of rotatable bonds is 5. The maximum absolute atomic E-state index is 5.22. The Kier molecular flexibility index (Phi) is 4.97. The third-order valence-corrected chi connectivity index (χ3v) is 3.40. The van der Waals surface area contributed by atoms with Crippen LogP contribution in [0.4, 0.5) is 5.69 Å². The molecule has 0 aliphatic heterocycles. The number of ether oxygens (including phenoxy) is 1. The zero-order valence-corrected chi connectivity index (χ0v) is 13.7. The highest BCUT2D eigenvalue weighted by Gasteiger charge is 2.09. The third-order valence-electron chi connectivity index (χ3n) is 3.15. The molecule has 122 valence electrons. The van der Waals surface area contributed by atoms with Gasteiger partial charge in [-0.05, 0) is 48.6 Å². The number of hydrogen-bond acceptors (Lipinski definition) is 6. The Balaban J connectivity index is 1.56. The SMILES string of the molecule is COc1ccc(-c2noc(CNC(=S)Nc3ccncc3)n2)cc1. The molecule has 0 saturated heterocycles.